The molecule has 1 aromatic carbocycles. The van der Waals surface area contributed by atoms with Crippen LogP contribution in [0.15, 0.2) is 36.5 Å². The maximum absolute atomic E-state index is 13.5. The number of nitrogens with one attached hydrogen (secondary N) is 1. The van der Waals surface area contributed by atoms with Crippen molar-refractivity contribution in [2.24, 2.45) is 0 Å². The number of amides is 1. The molecule has 0 spiro atoms. The van der Waals surface area contributed by atoms with Gasteiger partial charge in [0.15, 0.2) is 5.78 Å². The van der Waals surface area contributed by atoms with Crippen LogP contribution < -0.4 is 5.32 Å². The number of anilines is 1. The number of ketones is 1. The third-order valence-corrected chi connectivity index (χ3v) is 2.77. The number of nitrogens with zero attached hydrogens (tertiary/aromatic N) is 1. The van der Waals surface area contributed by atoms with Gasteiger partial charge in [-0.1, -0.05) is 0 Å². The largest absolute Gasteiger partial charge is 0.322 e. The first-order chi connectivity index (χ1) is 9.47. The lowest BCUT2D eigenvalue weighted by Crippen LogP contribution is -2.15. The van der Waals surface area contributed by atoms with E-state index >= 15 is 0 Å². The molecule has 5 heteroatoms. The van der Waals surface area contributed by atoms with Crippen LogP contribution in [0, 0.1) is 12.9 Å². The lowest BCUT2D eigenvalue weighted by atomic mass is 10.1. The summed E-state index contributed by atoms with van der Waals surface area (Å²) < 4.78 is 13.5. The highest BCUT2D eigenvalue weighted by atomic mass is 19.1. The van der Waals surface area contributed by atoms with E-state index in [0.29, 0.717) is 16.8 Å². The molecule has 0 aliphatic rings. The second-order valence-electron chi connectivity index (χ2n) is 4.44. The van der Waals surface area contributed by atoms with E-state index < -0.39 is 11.9 Å². The number of Topliss-reactive ketones (excluding diaryl/α,β-unsaturated/α-hetero) is 1. The van der Waals surface area contributed by atoms with Gasteiger partial charge in [0.05, 0.1) is 5.56 Å². The number of aromatic nitrogens is 1. The maximum Gasteiger partial charge on any atom is 0.260 e. The smallest absolute Gasteiger partial charge is 0.260 e. The number of pyridine rings is 1. The van der Waals surface area contributed by atoms with Gasteiger partial charge in [-0.3, -0.25) is 9.59 Å². The summed E-state index contributed by atoms with van der Waals surface area (Å²) in [6.07, 6.45) is 1.35. The van der Waals surface area contributed by atoms with E-state index in [9.17, 15) is 14.0 Å². The minimum Gasteiger partial charge on any atom is -0.322 e. The molecular weight excluding hydrogens is 259 g/mol. The lowest BCUT2D eigenvalue weighted by Gasteiger charge is -2.07. The molecule has 1 amide bonds. The second-order valence-corrected chi connectivity index (χ2v) is 4.44. The van der Waals surface area contributed by atoms with Crippen molar-refractivity contribution in [1.82, 2.24) is 4.98 Å². The summed E-state index contributed by atoms with van der Waals surface area (Å²) in [5, 5.41) is 2.56. The second kappa shape index (κ2) is 5.61. The van der Waals surface area contributed by atoms with Crippen molar-refractivity contribution >= 4 is 17.4 Å². The molecule has 0 atom stereocenters. The van der Waals surface area contributed by atoms with Gasteiger partial charge in [-0.2, -0.15) is 4.39 Å². The van der Waals surface area contributed by atoms with E-state index in [1.807, 2.05) is 0 Å². The summed E-state index contributed by atoms with van der Waals surface area (Å²) in [5.74, 6) is -1.44. The molecule has 0 aliphatic carbocycles. The van der Waals surface area contributed by atoms with E-state index in [0.717, 1.165) is 0 Å². The average Bonchev–Trinajstić information content (AvgIpc) is 2.42. The molecule has 2 rings (SSSR count). The fourth-order valence-corrected chi connectivity index (χ4v) is 1.70. The zero-order chi connectivity index (χ0) is 14.7. The predicted molar refractivity (Wildman–Crippen MR) is 73.3 cm³/mol. The van der Waals surface area contributed by atoms with Gasteiger partial charge in [-0.05, 0) is 49.7 Å². The summed E-state index contributed by atoms with van der Waals surface area (Å²) in [6.45, 7) is 3.19. The van der Waals surface area contributed by atoms with Crippen molar-refractivity contribution in [1.29, 1.82) is 0 Å². The summed E-state index contributed by atoms with van der Waals surface area (Å²) in [6, 6.07) is 7.82. The Morgan fingerprint density at radius 3 is 2.45 bits per heavy atom. The van der Waals surface area contributed by atoms with Gasteiger partial charge < -0.3 is 5.32 Å². The van der Waals surface area contributed by atoms with Crippen LogP contribution in [-0.4, -0.2) is 16.7 Å². The number of hydrogen-bond acceptors (Lipinski definition) is 3. The monoisotopic (exact) mass is 272 g/mol. The Bertz CT molecular complexity index is 666. The molecule has 0 saturated carbocycles. The summed E-state index contributed by atoms with van der Waals surface area (Å²) in [4.78, 5) is 26.6. The third kappa shape index (κ3) is 3.06. The Morgan fingerprint density at radius 2 is 1.85 bits per heavy atom. The molecule has 102 valence electrons. The highest BCUT2D eigenvalue weighted by molar-refractivity contribution is 6.04. The molecule has 0 unspecified atom stereocenters. The van der Waals surface area contributed by atoms with Crippen LogP contribution in [0.1, 0.15) is 33.2 Å². The number of halogens is 1. The number of rotatable bonds is 3. The molecule has 4 nitrogen and oxygen atoms in total. The van der Waals surface area contributed by atoms with Crippen LogP contribution in [-0.2, 0) is 0 Å². The Kier molecular flexibility index (Phi) is 3.89. The van der Waals surface area contributed by atoms with Crippen LogP contribution in [0.2, 0.25) is 0 Å². The summed E-state index contributed by atoms with van der Waals surface area (Å²) in [5.41, 5.74) is 1.62. The number of carbonyl (C=O) groups excluding carboxylic acids is 2. The van der Waals surface area contributed by atoms with Gasteiger partial charge in [-0.25, -0.2) is 4.98 Å². The first-order valence-electron chi connectivity index (χ1n) is 6.02. The van der Waals surface area contributed by atoms with E-state index in [-0.39, 0.29) is 11.3 Å². The van der Waals surface area contributed by atoms with Crippen LogP contribution in [0.5, 0.6) is 0 Å². The third-order valence-electron chi connectivity index (χ3n) is 2.77. The van der Waals surface area contributed by atoms with Crippen molar-refractivity contribution in [2.75, 3.05) is 5.32 Å². The first kappa shape index (κ1) is 13.9. The zero-order valence-corrected chi connectivity index (χ0v) is 11.1. The molecule has 1 N–H and O–H groups in total. The molecule has 0 bridgehead atoms. The van der Waals surface area contributed by atoms with Crippen molar-refractivity contribution in [2.45, 2.75) is 13.8 Å². The molecule has 0 aliphatic heterocycles. The molecule has 0 saturated heterocycles. The minimum absolute atomic E-state index is 0.0585. The van der Waals surface area contributed by atoms with E-state index in [4.69, 9.17) is 0 Å². The van der Waals surface area contributed by atoms with E-state index in [1.165, 1.54) is 19.2 Å². The SMILES string of the molecule is CC(=O)c1ccc(NC(=O)c2cc(C)cnc2F)cc1. The number of hydrogen-bond donors (Lipinski definition) is 1. The lowest BCUT2D eigenvalue weighted by molar-refractivity contribution is 0.101. The highest BCUT2D eigenvalue weighted by Crippen LogP contribution is 2.13. The Hall–Kier alpha value is -2.56. The van der Waals surface area contributed by atoms with Crippen molar-refractivity contribution in [3.05, 3.63) is 59.2 Å². The van der Waals surface area contributed by atoms with E-state index in [1.54, 1.807) is 31.2 Å². The topological polar surface area (TPSA) is 59.1 Å². The average molecular weight is 272 g/mol. The first-order valence-corrected chi connectivity index (χ1v) is 6.02. The van der Waals surface area contributed by atoms with Crippen LogP contribution in [0.4, 0.5) is 10.1 Å². The van der Waals surface area contributed by atoms with Gasteiger partial charge in [-0.15, -0.1) is 0 Å². The van der Waals surface area contributed by atoms with Gasteiger partial charge >= 0.3 is 0 Å². The van der Waals surface area contributed by atoms with Crippen LogP contribution in [0.3, 0.4) is 0 Å². The predicted octanol–water partition coefficient (Wildman–Crippen LogP) is 2.98. The van der Waals surface area contributed by atoms with Gasteiger partial charge in [0.1, 0.15) is 0 Å². The van der Waals surface area contributed by atoms with Crippen molar-refractivity contribution < 1.29 is 14.0 Å². The van der Waals surface area contributed by atoms with Gasteiger partial charge in [0.2, 0.25) is 5.95 Å². The number of benzene rings is 1. The van der Waals surface area contributed by atoms with Crippen LogP contribution >= 0.6 is 0 Å². The quantitative estimate of drug-likeness (QED) is 0.690. The number of carbonyl (C=O) groups is 2. The molecular formula is C15H13FN2O2. The van der Waals surface area contributed by atoms with Crippen molar-refractivity contribution in [3.63, 3.8) is 0 Å². The highest BCUT2D eigenvalue weighted by Gasteiger charge is 2.13. The normalized spacial score (nSPS) is 10.2. The van der Waals surface area contributed by atoms with Crippen molar-refractivity contribution in [3.8, 4) is 0 Å². The fourth-order valence-electron chi connectivity index (χ4n) is 1.70. The summed E-state index contributed by atoms with van der Waals surface area (Å²) >= 11 is 0. The minimum atomic E-state index is -0.812. The van der Waals surface area contributed by atoms with Crippen LogP contribution in [0.25, 0.3) is 0 Å². The Balaban J connectivity index is 2.19. The molecule has 2 aromatic rings. The molecule has 1 aromatic heterocycles. The Morgan fingerprint density at radius 1 is 1.20 bits per heavy atom. The van der Waals surface area contributed by atoms with Gasteiger partial charge in [0, 0.05) is 17.4 Å². The Labute approximate surface area is 115 Å². The fraction of sp³-hybridized carbons (Fsp3) is 0.133. The number of aryl methyl sites for hydroxylation is 1. The molecule has 0 radical (unpaired) electrons. The van der Waals surface area contributed by atoms with Gasteiger partial charge in [0.25, 0.3) is 5.91 Å². The zero-order valence-electron chi connectivity index (χ0n) is 11.1. The van der Waals surface area contributed by atoms with E-state index in [2.05, 4.69) is 10.3 Å². The molecule has 20 heavy (non-hydrogen) atoms. The standard InChI is InChI=1S/C15H13FN2O2/c1-9-7-13(14(16)17-8-9)15(20)18-12-5-3-11(4-6-12)10(2)19/h3-8H,1-2H3,(H,18,20). The molecule has 1 heterocycles. The maximum atomic E-state index is 13.5. The summed E-state index contributed by atoms with van der Waals surface area (Å²) in [7, 11) is 0. The molecule has 0 fully saturated rings.